The SMILES string of the molecule is CC(C)CC(N)C(=O)NC(Cc1cnc[nH]1)C(=O)NC(C(=O)NC(CC(C)C)C(=O)O)C(C)C. The van der Waals surface area contributed by atoms with Crippen molar-refractivity contribution in [2.75, 3.05) is 0 Å². The summed E-state index contributed by atoms with van der Waals surface area (Å²) < 4.78 is 0. The molecule has 1 rings (SSSR count). The Labute approximate surface area is 201 Å². The summed E-state index contributed by atoms with van der Waals surface area (Å²) in [6, 6.07) is -3.85. The molecule has 0 aromatic carbocycles. The zero-order valence-electron chi connectivity index (χ0n) is 20.9. The summed E-state index contributed by atoms with van der Waals surface area (Å²) in [6.45, 7) is 11.1. The molecule has 0 saturated carbocycles. The molecule has 11 heteroatoms. The third kappa shape index (κ3) is 9.90. The number of nitrogens with two attached hydrogens (primary N) is 1. The number of nitrogens with one attached hydrogen (secondary N) is 4. The van der Waals surface area contributed by atoms with Crippen molar-refractivity contribution in [1.82, 2.24) is 25.9 Å². The number of carbonyl (C=O) groups is 4. The van der Waals surface area contributed by atoms with Gasteiger partial charge in [-0.2, -0.15) is 0 Å². The largest absolute Gasteiger partial charge is 0.480 e. The Hall–Kier alpha value is -2.95. The van der Waals surface area contributed by atoms with Crippen LogP contribution in [0.15, 0.2) is 12.5 Å². The minimum Gasteiger partial charge on any atom is -0.480 e. The molecule has 0 fully saturated rings. The van der Waals surface area contributed by atoms with Gasteiger partial charge in [0, 0.05) is 18.3 Å². The Morgan fingerprint density at radius 3 is 1.97 bits per heavy atom. The van der Waals surface area contributed by atoms with Crippen molar-refractivity contribution >= 4 is 23.7 Å². The molecule has 0 aliphatic carbocycles. The van der Waals surface area contributed by atoms with E-state index in [4.69, 9.17) is 5.73 Å². The Balaban J connectivity index is 3.01. The van der Waals surface area contributed by atoms with Crippen molar-refractivity contribution in [3.8, 4) is 0 Å². The van der Waals surface area contributed by atoms with Gasteiger partial charge in [-0.05, 0) is 30.6 Å². The van der Waals surface area contributed by atoms with Gasteiger partial charge >= 0.3 is 5.97 Å². The highest BCUT2D eigenvalue weighted by Crippen LogP contribution is 2.09. The standard InChI is InChI=1S/C23H40N6O5/c1-12(2)7-16(24)20(30)27-17(9-15-10-25-11-26-15)21(31)29-19(14(5)6)22(32)28-18(23(33)34)8-13(3)4/h10-14,16-19H,7-9,24H2,1-6H3,(H,25,26)(H,27,30)(H,28,32)(H,29,31)(H,33,34). The number of amides is 3. The lowest BCUT2D eigenvalue weighted by atomic mass is 9.99. The fourth-order valence-corrected chi connectivity index (χ4v) is 3.46. The predicted octanol–water partition coefficient (Wildman–Crippen LogP) is 0.567. The van der Waals surface area contributed by atoms with Crippen LogP contribution in [0.2, 0.25) is 0 Å². The molecule has 0 aliphatic rings. The quantitative estimate of drug-likeness (QED) is 0.225. The smallest absolute Gasteiger partial charge is 0.326 e. The second-order valence-corrected chi connectivity index (χ2v) is 9.84. The van der Waals surface area contributed by atoms with E-state index in [9.17, 15) is 24.3 Å². The monoisotopic (exact) mass is 480 g/mol. The van der Waals surface area contributed by atoms with E-state index in [2.05, 4.69) is 25.9 Å². The summed E-state index contributed by atoms with van der Waals surface area (Å²) in [4.78, 5) is 57.1. The van der Waals surface area contributed by atoms with Crippen LogP contribution in [0, 0.1) is 17.8 Å². The first-order chi connectivity index (χ1) is 15.8. The number of imidazole rings is 1. The van der Waals surface area contributed by atoms with Gasteiger partial charge in [-0.3, -0.25) is 14.4 Å². The number of rotatable bonds is 14. The van der Waals surface area contributed by atoms with Crippen LogP contribution >= 0.6 is 0 Å². The molecule has 1 heterocycles. The second-order valence-electron chi connectivity index (χ2n) is 9.84. The van der Waals surface area contributed by atoms with Gasteiger partial charge in [0.05, 0.1) is 12.4 Å². The summed E-state index contributed by atoms with van der Waals surface area (Å²) in [5.41, 5.74) is 6.59. The van der Waals surface area contributed by atoms with Crippen molar-refractivity contribution < 1.29 is 24.3 Å². The van der Waals surface area contributed by atoms with Crippen LogP contribution in [-0.4, -0.2) is 62.9 Å². The fraction of sp³-hybridized carbons (Fsp3) is 0.696. The third-order valence-electron chi connectivity index (χ3n) is 5.24. The number of nitrogens with zero attached hydrogens (tertiary/aromatic N) is 1. The van der Waals surface area contributed by atoms with Gasteiger partial charge in [-0.15, -0.1) is 0 Å². The molecule has 1 aromatic rings. The van der Waals surface area contributed by atoms with Crippen LogP contribution in [-0.2, 0) is 25.6 Å². The summed E-state index contributed by atoms with van der Waals surface area (Å²) in [5.74, 6) is -2.87. The maximum absolute atomic E-state index is 13.2. The van der Waals surface area contributed by atoms with Crippen LogP contribution < -0.4 is 21.7 Å². The molecule has 0 spiro atoms. The van der Waals surface area contributed by atoms with Gasteiger partial charge < -0.3 is 31.8 Å². The summed E-state index contributed by atoms with van der Waals surface area (Å²) >= 11 is 0. The summed E-state index contributed by atoms with van der Waals surface area (Å²) in [6.07, 6.45) is 3.82. The number of hydrogen-bond acceptors (Lipinski definition) is 6. The van der Waals surface area contributed by atoms with Crippen molar-refractivity contribution in [2.45, 2.75) is 85.0 Å². The number of hydrogen-bond donors (Lipinski definition) is 6. The zero-order valence-corrected chi connectivity index (χ0v) is 20.9. The first-order valence-electron chi connectivity index (χ1n) is 11.7. The molecule has 1 aromatic heterocycles. The first kappa shape index (κ1) is 29.1. The number of aliphatic carboxylic acids is 1. The second kappa shape index (κ2) is 13.7. The molecule has 7 N–H and O–H groups in total. The molecule has 3 amide bonds. The topological polar surface area (TPSA) is 179 Å². The molecule has 11 nitrogen and oxygen atoms in total. The van der Waals surface area contributed by atoms with E-state index in [0.717, 1.165) is 0 Å². The summed E-state index contributed by atoms with van der Waals surface area (Å²) in [5, 5.41) is 17.3. The van der Waals surface area contributed by atoms with Crippen LogP contribution in [0.5, 0.6) is 0 Å². The van der Waals surface area contributed by atoms with Crippen LogP contribution in [0.3, 0.4) is 0 Å². The summed E-state index contributed by atoms with van der Waals surface area (Å²) in [7, 11) is 0. The minimum absolute atomic E-state index is 0.0533. The molecular weight excluding hydrogens is 440 g/mol. The number of carboxylic acids is 1. The molecule has 0 radical (unpaired) electrons. The molecule has 0 saturated heterocycles. The number of aromatic nitrogens is 2. The zero-order chi connectivity index (χ0) is 26.0. The fourth-order valence-electron chi connectivity index (χ4n) is 3.46. The number of H-pyrrole nitrogens is 1. The van der Waals surface area contributed by atoms with E-state index >= 15 is 0 Å². The van der Waals surface area contributed by atoms with E-state index < -0.39 is 47.9 Å². The molecule has 0 bridgehead atoms. The highest BCUT2D eigenvalue weighted by atomic mass is 16.4. The average molecular weight is 481 g/mol. The lowest BCUT2D eigenvalue weighted by Gasteiger charge is -2.27. The van der Waals surface area contributed by atoms with Crippen molar-refractivity contribution in [3.63, 3.8) is 0 Å². The molecule has 34 heavy (non-hydrogen) atoms. The highest BCUT2D eigenvalue weighted by Gasteiger charge is 2.32. The number of carboxylic acid groups (broad SMARTS) is 1. The molecule has 192 valence electrons. The number of aromatic amines is 1. The number of carbonyl (C=O) groups excluding carboxylic acids is 3. The lowest BCUT2D eigenvalue weighted by Crippen LogP contribution is -2.59. The average Bonchev–Trinajstić information content (AvgIpc) is 3.22. The van der Waals surface area contributed by atoms with E-state index in [1.54, 1.807) is 13.8 Å². The Bertz CT molecular complexity index is 809. The van der Waals surface area contributed by atoms with Gasteiger partial charge in [-0.1, -0.05) is 41.5 Å². The van der Waals surface area contributed by atoms with Crippen molar-refractivity contribution in [1.29, 1.82) is 0 Å². The highest BCUT2D eigenvalue weighted by molar-refractivity contribution is 5.94. The van der Waals surface area contributed by atoms with Gasteiger partial charge in [0.15, 0.2) is 0 Å². The van der Waals surface area contributed by atoms with Crippen LogP contribution in [0.25, 0.3) is 0 Å². The maximum Gasteiger partial charge on any atom is 0.326 e. The Morgan fingerprint density at radius 2 is 1.50 bits per heavy atom. The van der Waals surface area contributed by atoms with E-state index in [0.29, 0.717) is 12.1 Å². The van der Waals surface area contributed by atoms with Crippen LogP contribution in [0.4, 0.5) is 0 Å². The first-order valence-corrected chi connectivity index (χ1v) is 11.7. The van der Waals surface area contributed by atoms with Crippen LogP contribution in [0.1, 0.15) is 60.1 Å². The van der Waals surface area contributed by atoms with Crippen molar-refractivity contribution in [3.05, 3.63) is 18.2 Å². The van der Waals surface area contributed by atoms with E-state index in [-0.39, 0.29) is 30.6 Å². The third-order valence-corrected chi connectivity index (χ3v) is 5.24. The van der Waals surface area contributed by atoms with Gasteiger partial charge in [-0.25, -0.2) is 9.78 Å². The van der Waals surface area contributed by atoms with Crippen molar-refractivity contribution in [2.24, 2.45) is 23.5 Å². The lowest BCUT2D eigenvalue weighted by molar-refractivity contribution is -0.143. The molecular formula is C23H40N6O5. The molecule has 0 aliphatic heterocycles. The van der Waals surface area contributed by atoms with E-state index in [1.807, 2.05) is 27.7 Å². The minimum atomic E-state index is -1.14. The van der Waals surface area contributed by atoms with Gasteiger partial charge in [0.2, 0.25) is 17.7 Å². The molecule has 4 unspecified atom stereocenters. The van der Waals surface area contributed by atoms with Gasteiger partial charge in [0.1, 0.15) is 18.1 Å². The van der Waals surface area contributed by atoms with Gasteiger partial charge in [0.25, 0.3) is 0 Å². The van der Waals surface area contributed by atoms with E-state index in [1.165, 1.54) is 12.5 Å². The molecule has 4 atom stereocenters. The normalized spacial score (nSPS) is 15.0. The Morgan fingerprint density at radius 1 is 0.912 bits per heavy atom. The maximum atomic E-state index is 13.2. The predicted molar refractivity (Wildman–Crippen MR) is 127 cm³/mol. The Kier molecular flexibility index (Phi) is 11.7.